The van der Waals surface area contributed by atoms with Gasteiger partial charge in [-0.05, 0) is 10.8 Å². The molecule has 0 saturated heterocycles. The minimum absolute atomic E-state index is 0. The summed E-state index contributed by atoms with van der Waals surface area (Å²) in [5.41, 5.74) is 0. The van der Waals surface area contributed by atoms with Crippen molar-refractivity contribution >= 4 is 33.0 Å². The van der Waals surface area contributed by atoms with Gasteiger partial charge in [-0.2, -0.15) is 0 Å². The molecule has 0 rings (SSSR count). The van der Waals surface area contributed by atoms with Gasteiger partial charge in [0.2, 0.25) is 0 Å². The molecule has 0 fully saturated rings. The van der Waals surface area contributed by atoms with Gasteiger partial charge in [0.05, 0.1) is 0 Å². The summed E-state index contributed by atoms with van der Waals surface area (Å²) < 4.78 is 35.4. The van der Waals surface area contributed by atoms with Crippen molar-refractivity contribution in [3.63, 3.8) is 0 Å². The van der Waals surface area contributed by atoms with Gasteiger partial charge in [0, 0.05) is 10.4 Å². The van der Waals surface area contributed by atoms with Crippen molar-refractivity contribution in [1.82, 2.24) is 0 Å². The summed E-state index contributed by atoms with van der Waals surface area (Å²) in [4.78, 5) is 0. The van der Waals surface area contributed by atoms with Crippen molar-refractivity contribution in [2.24, 2.45) is 0 Å². The van der Waals surface area contributed by atoms with Gasteiger partial charge in [0.1, 0.15) is 0 Å². The third-order valence-electron chi connectivity index (χ3n) is 0.487. The van der Waals surface area contributed by atoms with Gasteiger partial charge in [-0.25, -0.2) is 0 Å². The Kier molecular flexibility index (Phi) is 32.1. The summed E-state index contributed by atoms with van der Waals surface area (Å²) in [5, 5.41) is 0. The molecule has 0 aromatic rings. The SMILES string of the molecule is CCCCI.O=S(=O)([O-])[O-].[Na+].[Na+]. The van der Waals surface area contributed by atoms with E-state index in [0.717, 1.165) is 0 Å². The zero-order valence-corrected chi connectivity index (χ0v) is 14.5. The quantitative estimate of drug-likeness (QED) is 0.167. The number of halogens is 1. The minimum atomic E-state index is -5.17. The van der Waals surface area contributed by atoms with E-state index in [0.29, 0.717) is 0 Å². The molecule has 0 saturated carbocycles. The van der Waals surface area contributed by atoms with Crippen LogP contribution in [0.5, 0.6) is 0 Å². The summed E-state index contributed by atoms with van der Waals surface area (Å²) in [6.45, 7) is 2.21. The molecule has 0 aliphatic rings. The first-order valence-corrected chi connectivity index (χ1v) is 5.50. The van der Waals surface area contributed by atoms with Crippen LogP contribution in [0.15, 0.2) is 0 Å². The van der Waals surface area contributed by atoms with Crippen LogP contribution in [-0.4, -0.2) is 22.0 Å². The molecule has 0 amide bonds. The zero-order chi connectivity index (χ0) is 8.62. The summed E-state index contributed by atoms with van der Waals surface area (Å²) in [6.07, 6.45) is 2.71. The van der Waals surface area contributed by atoms with Crippen molar-refractivity contribution < 1.29 is 76.6 Å². The molecule has 4 nitrogen and oxygen atoms in total. The molecule has 0 heterocycles. The topological polar surface area (TPSA) is 80.3 Å². The predicted octanol–water partition coefficient (Wildman–Crippen LogP) is -5.11. The number of hydrogen-bond donors (Lipinski definition) is 0. The number of rotatable bonds is 2. The molecular weight excluding hydrogens is 317 g/mol. The summed E-state index contributed by atoms with van der Waals surface area (Å²) in [5.74, 6) is 0. The van der Waals surface area contributed by atoms with E-state index in [1.54, 1.807) is 0 Å². The monoisotopic (exact) mass is 326 g/mol. The molecule has 0 aliphatic carbocycles. The van der Waals surface area contributed by atoms with Gasteiger partial charge >= 0.3 is 59.1 Å². The van der Waals surface area contributed by atoms with E-state index < -0.39 is 10.4 Å². The summed E-state index contributed by atoms with van der Waals surface area (Å²) in [6, 6.07) is 0. The molecule has 0 aromatic heterocycles. The van der Waals surface area contributed by atoms with Gasteiger partial charge in [0.25, 0.3) is 0 Å². The molecule has 0 radical (unpaired) electrons. The van der Waals surface area contributed by atoms with Crippen LogP contribution < -0.4 is 59.1 Å². The Morgan fingerprint density at radius 3 is 1.50 bits per heavy atom. The van der Waals surface area contributed by atoms with E-state index >= 15 is 0 Å². The normalized spacial score (nSPS) is 8.33. The van der Waals surface area contributed by atoms with Crippen LogP contribution in [0, 0.1) is 0 Å². The Hall–Kier alpha value is 2.60. The van der Waals surface area contributed by atoms with Gasteiger partial charge in [0.15, 0.2) is 0 Å². The Balaban J connectivity index is -0.0000000457. The molecule has 0 aromatic carbocycles. The second-order valence-electron chi connectivity index (χ2n) is 1.45. The average Bonchev–Trinajstić information content (AvgIpc) is 1.63. The number of alkyl halides is 1. The van der Waals surface area contributed by atoms with Gasteiger partial charge in [-0.1, -0.05) is 35.9 Å². The number of hydrogen-bond acceptors (Lipinski definition) is 4. The smallest absolute Gasteiger partial charge is 0.759 e. The predicted molar refractivity (Wildman–Crippen MR) is 44.3 cm³/mol. The molecule has 0 spiro atoms. The van der Waals surface area contributed by atoms with E-state index in [9.17, 15) is 0 Å². The second kappa shape index (κ2) is 16.0. The summed E-state index contributed by atoms with van der Waals surface area (Å²) >= 11 is 2.39. The molecule has 0 atom stereocenters. The van der Waals surface area contributed by atoms with Crippen LogP contribution in [0.3, 0.4) is 0 Å². The van der Waals surface area contributed by atoms with Crippen LogP contribution in [0.2, 0.25) is 0 Å². The first-order chi connectivity index (χ1) is 4.41. The van der Waals surface area contributed by atoms with Crippen LogP contribution in [-0.2, 0) is 10.4 Å². The zero-order valence-electron chi connectivity index (χ0n) is 7.54. The average molecular weight is 326 g/mol. The Bertz CT molecular complexity index is 139. The number of unbranched alkanes of at least 4 members (excludes halogenated alkanes) is 1. The molecule has 0 aliphatic heterocycles. The Morgan fingerprint density at radius 1 is 1.25 bits per heavy atom. The van der Waals surface area contributed by atoms with Crippen molar-refractivity contribution in [2.75, 3.05) is 4.43 Å². The molecule has 0 N–H and O–H groups in total. The van der Waals surface area contributed by atoms with Crippen molar-refractivity contribution in [3.8, 4) is 0 Å². The minimum Gasteiger partial charge on any atom is -0.759 e. The standard InChI is InChI=1S/C4H9I.2Na.H2O4S/c1-2-3-4-5;;;1-5(2,3)4/h2-4H2,1H3;;;(H2,1,2,3,4)/q;2*+1;/p-2. The fourth-order valence-corrected chi connectivity index (χ4v) is 0.896. The molecular formula is C4H9INa2O4S. The molecule has 12 heavy (non-hydrogen) atoms. The maximum Gasteiger partial charge on any atom is 1.00 e. The Labute approximate surface area is 132 Å². The van der Waals surface area contributed by atoms with E-state index in [1.165, 1.54) is 17.3 Å². The van der Waals surface area contributed by atoms with E-state index in [4.69, 9.17) is 17.5 Å². The second-order valence-corrected chi connectivity index (χ2v) is 3.35. The van der Waals surface area contributed by atoms with Crippen LogP contribution in [0.25, 0.3) is 0 Å². The van der Waals surface area contributed by atoms with Crippen molar-refractivity contribution in [3.05, 3.63) is 0 Å². The fraction of sp³-hybridized carbons (Fsp3) is 1.00. The third-order valence-corrected chi connectivity index (χ3v) is 1.25. The molecule has 0 unspecified atom stereocenters. The fourth-order valence-electron chi connectivity index (χ4n) is 0.134. The first-order valence-electron chi connectivity index (χ1n) is 2.64. The van der Waals surface area contributed by atoms with Crippen LogP contribution in [0.4, 0.5) is 0 Å². The van der Waals surface area contributed by atoms with Gasteiger partial charge < -0.3 is 9.11 Å². The molecule has 0 bridgehead atoms. The van der Waals surface area contributed by atoms with Gasteiger partial charge in [-0.3, -0.25) is 8.42 Å². The molecule has 64 valence electrons. The van der Waals surface area contributed by atoms with E-state index in [2.05, 4.69) is 29.5 Å². The Morgan fingerprint density at radius 2 is 1.50 bits per heavy atom. The van der Waals surface area contributed by atoms with Crippen molar-refractivity contribution in [1.29, 1.82) is 0 Å². The van der Waals surface area contributed by atoms with Gasteiger partial charge in [-0.15, -0.1) is 0 Å². The first kappa shape index (κ1) is 24.0. The van der Waals surface area contributed by atoms with E-state index in [1.807, 2.05) is 0 Å². The third kappa shape index (κ3) is 80.1. The summed E-state index contributed by atoms with van der Waals surface area (Å²) in [7, 11) is -5.17. The maximum absolute atomic E-state index is 8.52. The maximum atomic E-state index is 8.52. The largest absolute Gasteiger partial charge is 1.00 e. The van der Waals surface area contributed by atoms with Crippen LogP contribution in [0.1, 0.15) is 19.8 Å². The van der Waals surface area contributed by atoms with Crippen molar-refractivity contribution in [2.45, 2.75) is 19.8 Å². The van der Waals surface area contributed by atoms with Crippen LogP contribution >= 0.6 is 22.6 Å². The van der Waals surface area contributed by atoms with E-state index in [-0.39, 0.29) is 59.1 Å². The molecule has 8 heteroatoms.